The number of carbonyl (C=O) groups excluding carboxylic acids is 3. The van der Waals surface area contributed by atoms with E-state index in [1.165, 1.54) is 6.07 Å². The van der Waals surface area contributed by atoms with E-state index >= 15 is 0 Å². The summed E-state index contributed by atoms with van der Waals surface area (Å²) in [4.78, 5) is 47.5. The maximum absolute atomic E-state index is 14.0. The highest BCUT2D eigenvalue weighted by Crippen LogP contribution is 2.38. The number of nitrogens with two attached hydrogens (primary N) is 2. The van der Waals surface area contributed by atoms with Gasteiger partial charge in [-0.1, -0.05) is 37.6 Å². The quantitative estimate of drug-likeness (QED) is 0.179. The normalized spacial score (nSPS) is 14.4. The fraction of sp³-hybridized carbons (Fsp3) is 0.143. The molecular formula is C35H30N4O3. The summed E-state index contributed by atoms with van der Waals surface area (Å²) >= 11 is 0. The third-order valence-corrected chi connectivity index (χ3v) is 7.81. The molecule has 6 rings (SSSR count). The second kappa shape index (κ2) is 10.3. The van der Waals surface area contributed by atoms with E-state index in [1.54, 1.807) is 47.4 Å². The Morgan fingerprint density at radius 2 is 1.43 bits per heavy atom. The lowest BCUT2D eigenvalue weighted by Crippen LogP contribution is -2.26. The largest absolute Gasteiger partial charge is 0.399 e. The summed E-state index contributed by atoms with van der Waals surface area (Å²) in [5.41, 5.74) is 18.2. The Hall–Kier alpha value is -5.30. The Morgan fingerprint density at radius 3 is 2.10 bits per heavy atom. The summed E-state index contributed by atoms with van der Waals surface area (Å²) in [6.45, 7) is 6.18. The third kappa shape index (κ3) is 4.59. The molecule has 0 bridgehead atoms. The highest BCUT2D eigenvalue weighted by atomic mass is 16.2. The molecule has 0 radical (unpaired) electrons. The number of hydrogen-bond donors (Lipinski definition) is 2. The van der Waals surface area contributed by atoms with Crippen LogP contribution in [0.4, 0.5) is 22.7 Å². The number of aryl methyl sites for hydroxylation is 1. The fourth-order valence-corrected chi connectivity index (χ4v) is 5.42. The monoisotopic (exact) mass is 554 g/mol. The number of fused-ring (bicyclic) bond motifs is 2. The van der Waals surface area contributed by atoms with Crippen LogP contribution in [0.15, 0.2) is 91.0 Å². The molecule has 1 unspecified atom stereocenters. The van der Waals surface area contributed by atoms with Gasteiger partial charge < -0.3 is 11.5 Å². The van der Waals surface area contributed by atoms with Gasteiger partial charge in [-0.2, -0.15) is 0 Å². The van der Waals surface area contributed by atoms with Crippen molar-refractivity contribution in [1.29, 1.82) is 0 Å². The molecule has 1 aliphatic rings. The van der Waals surface area contributed by atoms with E-state index in [-0.39, 0.29) is 39.8 Å². The summed E-state index contributed by atoms with van der Waals surface area (Å²) in [5.74, 6) is -1.97. The van der Waals surface area contributed by atoms with E-state index < -0.39 is 11.7 Å². The molecule has 1 aliphatic carbocycles. The van der Waals surface area contributed by atoms with Gasteiger partial charge in [-0.25, -0.2) is 4.98 Å². The second-order valence-corrected chi connectivity index (χ2v) is 11.1. The van der Waals surface area contributed by atoms with Crippen molar-refractivity contribution in [3.8, 4) is 0 Å². The van der Waals surface area contributed by atoms with Crippen LogP contribution in [0.1, 0.15) is 73.6 Å². The van der Waals surface area contributed by atoms with Crippen LogP contribution in [0.5, 0.6) is 0 Å². The van der Waals surface area contributed by atoms with Gasteiger partial charge in [-0.15, -0.1) is 0 Å². The first kappa shape index (κ1) is 26.9. The molecule has 7 nitrogen and oxygen atoms in total. The summed E-state index contributed by atoms with van der Waals surface area (Å²) in [6, 6.07) is 26.9. The first-order chi connectivity index (χ1) is 20.1. The van der Waals surface area contributed by atoms with Gasteiger partial charge in [0.2, 0.25) is 0 Å². The van der Waals surface area contributed by atoms with E-state index in [4.69, 9.17) is 11.5 Å². The minimum Gasteiger partial charge on any atom is -0.399 e. The number of anilines is 4. The Kier molecular flexibility index (Phi) is 6.58. The average Bonchev–Trinajstić information content (AvgIpc) is 3.23. The van der Waals surface area contributed by atoms with Gasteiger partial charge in [0.15, 0.2) is 11.6 Å². The van der Waals surface area contributed by atoms with Crippen LogP contribution < -0.4 is 16.4 Å². The lowest BCUT2D eigenvalue weighted by molar-refractivity contribution is 0.0887. The number of carbonyl (C=O) groups is 3. The maximum Gasteiger partial charge on any atom is 0.262 e. The van der Waals surface area contributed by atoms with Crippen LogP contribution in [0.25, 0.3) is 10.9 Å². The van der Waals surface area contributed by atoms with Crippen LogP contribution in [-0.4, -0.2) is 22.5 Å². The number of ketones is 2. The molecule has 0 spiro atoms. The zero-order valence-corrected chi connectivity index (χ0v) is 23.6. The smallest absolute Gasteiger partial charge is 0.262 e. The summed E-state index contributed by atoms with van der Waals surface area (Å²) in [7, 11) is 0. The average molecular weight is 555 g/mol. The maximum atomic E-state index is 14.0. The highest BCUT2D eigenvalue weighted by molar-refractivity contribution is 6.30. The molecule has 208 valence electrons. The number of rotatable bonds is 5. The van der Waals surface area contributed by atoms with Gasteiger partial charge in [-0.05, 0) is 91.2 Å². The van der Waals surface area contributed by atoms with Crippen LogP contribution in [0.2, 0.25) is 0 Å². The number of nitrogens with zero attached hydrogens (tertiary/aromatic N) is 2. The summed E-state index contributed by atoms with van der Waals surface area (Å²) < 4.78 is 0. The van der Waals surface area contributed by atoms with Crippen molar-refractivity contribution in [1.82, 2.24) is 4.98 Å². The first-order valence-electron chi connectivity index (χ1n) is 13.8. The number of Topliss-reactive ketones (excluding diaryl/α,β-unsaturated/α-hetero) is 2. The minimum atomic E-state index is -1.16. The van der Waals surface area contributed by atoms with Crippen molar-refractivity contribution in [2.45, 2.75) is 32.6 Å². The number of aromatic nitrogens is 1. The Labute approximate surface area is 243 Å². The molecule has 1 amide bonds. The predicted molar refractivity (Wildman–Crippen MR) is 167 cm³/mol. The lowest BCUT2D eigenvalue weighted by Gasteiger charge is -2.24. The Balaban J connectivity index is 1.38. The molecule has 1 atom stereocenters. The second-order valence-electron chi connectivity index (χ2n) is 11.1. The number of benzene rings is 4. The molecule has 42 heavy (non-hydrogen) atoms. The molecule has 0 saturated carbocycles. The van der Waals surface area contributed by atoms with Crippen molar-refractivity contribution >= 4 is 51.1 Å². The molecule has 0 aliphatic heterocycles. The van der Waals surface area contributed by atoms with Crippen molar-refractivity contribution in [2.24, 2.45) is 0 Å². The topological polar surface area (TPSA) is 119 Å². The summed E-state index contributed by atoms with van der Waals surface area (Å²) in [6.07, 6.45) is 0. The minimum absolute atomic E-state index is 0.188. The van der Waals surface area contributed by atoms with Crippen molar-refractivity contribution in [2.75, 3.05) is 16.4 Å². The van der Waals surface area contributed by atoms with Gasteiger partial charge in [0.05, 0.1) is 16.9 Å². The molecule has 4 aromatic carbocycles. The van der Waals surface area contributed by atoms with E-state index in [1.807, 2.05) is 49.4 Å². The molecule has 5 aromatic rings. The highest BCUT2D eigenvalue weighted by Gasteiger charge is 2.42. The van der Waals surface area contributed by atoms with E-state index in [0.717, 1.165) is 16.5 Å². The Morgan fingerprint density at radius 1 is 0.786 bits per heavy atom. The van der Waals surface area contributed by atoms with Crippen LogP contribution in [-0.2, 0) is 0 Å². The SMILES string of the molecule is Cc1ccc(N(C(=O)c2ccc3c(c2)C(=O)C(c2nc4ccc(C(C)C)cc4cc2N)C3=O)c2ccc(N)cc2)cc1. The Bertz CT molecular complexity index is 1850. The molecule has 4 N–H and O–H groups in total. The number of pyridine rings is 1. The van der Waals surface area contributed by atoms with Gasteiger partial charge in [0.25, 0.3) is 5.91 Å². The number of hydrogen-bond acceptors (Lipinski definition) is 6. The van der Waals surface area contributed by atoms with Gasteiger partial charge in [0.1, 0.15) is 5.92 Å². The van der Waals surface area contributed by atoms with Gasteiger partial charge >= 0.3 is 0 Å². The number of nitrogen functional groups attached to an aromatic ring is 2. The van der Waals surface area contributed by atoms with Crippen LogP contribution in [0, 0.1) is 6.92 Å². The van der Waals surface area contributed by atoms with E-state index in [9.17, 15) is 14.4 Å². The van der Waals surface area contributed by atoms with Gasteiger partial charge in [-0.3, -0.25) is 19.3 Å². The zero-order valence-electron chi connectivity index (χ0n) is 23.6. The molecule has 0 fully saturated rings. The standard InChI is InChI=1S/C35H30N4O3/c1-19(2)21-7-15-30-23(16-21)18-29(37)32(38-30)31-33(40)27-14-6-22(17-28(27)34(31)41)35(42)39(25-10-4-20(3)5-11-25)26-12-8-24(36)9-13-26/h4-19,31H,36-37H2,1-3H3. The molecular weight excluding hydrogens is 524 g/mol. The lowest BCUT2D eigenvalue weighted by atomic mass is 9.95. The molecule has 7 heteroatoms. The van der Waals surface area contributed by atoms with Crippen LogP contribution in [0.3, 0.4) is 0 Å². The number of amides is 1. The predicted octanol–water partition coefficient (Wildman–Crippen LogP) is 6.97. The first-order valence-corrected chi connectivity index (χ1v) is 13.8. The van der Waals surface area contributed by atoms with E-state index in [0.29, 0.717) is 28.5 Å². The van der Waals surface area contributed by atoms with Crippen LogP contribution >= 0.6 is 0 Å². The van der Waals surface area contributed by atoms with E-state index in [2.05, 4.69) is 18.8 Å². The van der Waals surface area contributed by atoms with Crippen molar-refractivity contribution in [3.05, 3.63) is 125 Å². The third-order valence-electron chi connectivity index (χ3n) is 7.81. The molecule has 1 heterocycles. The fourth-order valence-electron chi connectivity index (χ4n) is 5.42. The molecule has 0 saturated heterocycles. The molecule has 1 aromatic heterocycles. The summed E-state index contributed by atoms with van der Waals surface area (Å²) in [5, 5.41) is 0.851. The van der Waals surface area contributed by atoms with Crippen molar-refractivity contribution < 1.29 is 14.4 Å². The van der Waals surface area contributed by atoms with Gasteiger partial charge in [0, 0.05) is 39.1 Å². The zero-order chi connectivity index (χ0) is 29.7. The van der Waals surface area contributed by atoms with Crippen molar-refractivity contribution in [3.63, 3.8) is 0 Å².